The number of carbonyl (C=O) groups is 2. The smallest absolute Gasteiger partial charge is 0.300 e. The molecular formula is C19H24N2O5. The van der Waals surface area contributed by atoms with Gasteiger partial charge in [0.1, 0.15) is 11.5 Å². The van der Waals surface area contributed by atoms with Crippen LogP contribution in [0.25, 0.3) is 0 Å². The SMILES string of the molecule is CC(=O)O.CCOc1ccc(OCC)c(C(=O)NCc2ccccn2)c1. The molecule has 0 bridgehead atoms. The fourth-order valence-electron chi connectivity index (χ4n) is 1.99. The van der Waals surface area contributed by atoms with Crippen LogP contribution in [0.1, 0.15) is 36.8 Å². The molecule has 1 aromatic heterocycles. The molecule has 7 nitrogen and oxygen atoms in total. The van der Waals surface area contributed by atoms with Crippen LogP contribution in [0.2, 0.25) is 0 Å². The number of ether oxygens (including phenoxy) is 2. The molecule has 0 radical (unpaired) electrons. The van der Waals surface area contributed by atoms with Crippen molar-refractivity contribution >= 4 is 11.9 Å². The molecule has 7 heteroatoms. The van der Waals surface area contributed by atoms with Crippen LogP contribution in [-0.2, 0) is 11.3 Å². The zero-order valence-corrected chi connectivity index (χ0v) is 15.2. The Labute approximate surface area is 153 Å². The van der Waals surface area contributed by atoms with Gasteiger partial charge in [0.2, 0.25) is 0 Å². The fraction of sp³-hybridized carbons (Fsp3) is 0.316. The zero-order chi connectivity index (χ0) is 19.4. The second-order valence-corrected chi connectivity index (χ2v) is 5.05. The minimum atomic E-state index is -0.833. The van der Waals surface area contributed by atoms with Gasteiger partial charge in [-0.25, -0.2) is 0 Å². The molecule has 2 rings (SSSR count). The summed E-state index contributed by atoms with van der Waals surface area (Å²) in [6.07, 6.45) is 1.70. The van der Waals surface area contributed by atoms with Gasteiger partial charge in [0.05, 0.1) is 31.0 Å². The molecule has 0 unspecified atom stereocenters. The van der Waals surface area contributed by atoms with Crippen molar-refractivity contribution in [1.29, 1.82) is 0 Å². The lowest BCUT2D eigenvalue weighted by Crippen LogP contribution is -2.24. The van der Waals surface area contributed by atoms with Crippen LogP contribution in [0.15, 0.2) is 42.6 Å². The van der Waals surface area contributed by atoms with Gasteiger partial charge >= 0.3 is 0 Å². The van der Waals surface area contributed by atoms with Crippen molar-refractivity contribution in [3.05, 3.63) is 53.9 Å². The molecule has 26 heavy (non-hydrogen) atoms. The van der Waals surface area contributed by atoms with E-state index in [4.69, 9.17) is 19.4 Å². The summed E-state index contributed by atoms with van der Waals surface area (Å²) >= 11 is 0. The lowest BCUT2D eigenvalue weighted by molar-refractivity contribution is -0.134. The second kappa shape index (κ2) is 11.5. The minimum absolute atomic E-state index is 0.212. The fourth-order valence-corrected chi connectivity index (χ4v) is 1.99. The van der Waals surface area contributed by atoms with Crippen LogP contribution < -0.4 is 14.8 Å². The zero-order valence-electron chi connectivity index (χ0n) is 15.2. The van der Waals surface area contributed by atoms with Gasteiger partial charge in [0.15, 0.2) is 0 Å². The lowest BCUT2D eigenvalue weighted by atomic mass is 10.1. The summed E-state index contributed by atoms with van der Waals surface area (Å²) in [6, 6.07) is 10.8. The number of carbonyl (C=O) groups excluding carboxylic acids is 1. The first-order chi connectivity index (χ1) is 12.5. The molecule has 1 amide bonds. The third-order valence-corrected chi connectivity index (χ3v) is 2.96. The van der Waals surface area contributed by atoms with Crippen LogP contribution in [0.3, 0.4) is 0 Å². The number of pyridine rings is 1. The van der Waals surface area contributed by atoms with Gasteiger partial charge < -0.3 is 19.9 Å². The highest BCUT2D eigenvalue weighted by Crippen LogP contribution is 2.24. The molecule has 2 N–H and O–H groups in total. The van der Waals surface area contributed by atoms with Crippen LogP contribution >= 0.6 is 0 Å². The summed E-state index contributed by atoms with van der Waals surface area (Å²) in [7, 11) is 0. The van der Waals surface area contributed by atoms with E-state index in [-0.39, 0.29) is 5.91 Å². The van der Waals surface area contributed by atoms with Gasteiger partial charge in [0.25, 0.3) is 11.9 Å². The number of benzene rings is 1. The van der Waals surface area contributed by atoms with E-state index in [0.29, 0.717) is 36.8 Å². The summed E-state index contributed by atoms with van der Waals surface area (Å²) in [5, 5.41) is 10.3. The Kier molecular flexibility index (Phi) is 9.24. The second-order valence-electron chi connectivity index (χ2n) is 5.05. The van der Waals surface area contributed by atoms with Gasteiger partial charge in [-0.15, -0.1) is 0 Å². The lowest BCUT2D eigenvalue weighted by Gasteiger charge is -2.12. The van der Waals surface area contributed by atoms with E-state index in [1.807, 2.05) is 32.0 Å². The van der Waals surface area contributed by atoms with E-state index < -0.39 is 5.97 Å². The standard InChI is InChI=1S/C17H20N2O3.C2H4O2/c1-3-21-14-8-9-16(22-4-2)15(11-14)17(20)19-12-13-7-5-6-10-18-13;1-2(3)4/h5-11H,3-4,12H2,1-2H3,(H,19,20);1H3,(H,3,4). The molecule has 1 aromatic carbocycles. The quantitative estimate of drug-likeness (QED) is 0.788. The Bertz CT molecular complexity index is 700. The maximum absolute atomic E-state index is 12.4. The van der Waals surface area contributed by atoms with E-state index in [0.717, 1.165) is 12.6 Å². The number of amides is 1. The molecule has 0 aliphatic carbocycles. The number of aliphatic carboxylic acids is 1. The first-order valence-corrected chi connectivity index (χ1v) is 8.25. The van der Waals surface area contributed by atoms with Crippen molar-refractivity contribution in [3.63, 3.8) is 0 Å². The van der Waals surface area contributed by atoms with Crippen molar-refractivity contribution in [2.45, 2.75) is 27.3 Å². The molecule has 0 saturated carbocycles. The molecule has 0 atom stereocenters. The van der Waals surface area contributed by atoms with E-state index in [9.17, 15) is 4.79 Å². The van der Waals surface area contributed by atoms with Gasteiger partial charge in [-0.05, 0) is 44.2 Å². The van der Waals surface area contributed by atoms with E-state index in [1.54, 1.807) is 24.4 Å². The molecule has 0 saturated heterocycles. The van der Waals surface area contributed by atoms with Gasteiger partial charge in [-0.1, -0.05) is 6.07 Å². The van der Waals surface area contributed by atoms with E-state index in [2.05, 4.69) is 10.3 Å². The summed E-state index contributed by atoms with van der Waals surface area (Å²) in [4.78, 5) is 25.6. The maximum atomic E-state index is 12.4. The number of rotatable bonds is 7. The monoisotopic (exact) mass is 360 g/mol. The number of aromatic nitrogens is 1. The summed E-state index contributed by atoms with van der Waals surface area (Å²) in [5.74, 6) is 0.147. The largest absolute Gasteiger partial charge is 0.494 e. The molecule has 2 aromatic rings. The number of nitrogens with zero attached hydrogens (tertiary/aromatic N) is 1. The maximum Gasteiger partial charge on any atom is 0.300 e. The highest BCUT2D eigenvalue weighted by atomic mass is 16.5. The van der Waals surface area contributed by atoms with Gasteiger partial charge in [-0.2, -0.15) is 0 Å². The Balaban J connectivity index is 0.000000765. The molecule has 0 aliphatic rings. The topological polar surface area (TPSA) is 97.8 Å². The van der Waals surface area contributed by atoms with Crippen molar-refractivity contribution in [3.8, 4) is 11.5 Å². The number of carboxylic acid groups (broad SMARTS) is 1. The average Bonchev–Trinajstić information content (AvgIpc) is 2.62. The highest BCUT2D eigenvalue weighted by Gasteiger charge is 2.14. The molecule has 0 spiro atoms. The molecular weight excluding hydrogens is 336 g/mol. The Morgan fingerprint density at radius 2 is 1.81 bits per heavy atom. The minimum Gasteiger partial charge on any atom is -0.494 e. The molecule has 0 aliphatic heterocycles. The Morgan fingerprint density at radius 1 is 1.12 bits per heavy atom. The first kappa shape index (κ1) is 21.0. The summed E-state index contributed by atoms with van der Waals surface area (Å²) in [5.41, 5.74) is 1.26. The summed E-state index contributed by atoms with van der Waals surface area (Å²) in [6.45, 7) is 6.27. The molecule has 0 fully saturated rings. The Morgan fingerprint density at radius 3 is 2.38 bits per heavy atom. The first-order valence-electron chi connectivity index (χ1n) is 8.25. The van der Waals surface area contributed by atoms with Gasteiger partial charge in [-0.3, -0.25) is 14.6 Å². The van der Waals surface area contributed by atoms with Gasteiger partial charge in [0, 0.05) is 13.1 Å². The van der Waals surface area contributed by atoms with Crippen LogP contribution in [0, 0.1) is 0 Å². The number of hydrogen-bond acceptors (Lipinski definition) is 5. The summed E-state index contributed by atoms with van der Waals surface area (Å²) < 4.78 is 11.0. The number of hydrogen-bond donors (Lipinski definition) is 2. The number of nitrogens with one attached hydrogen (secondary N) is 1. The average molecular weight is 360 g/mol. The highest BCUT2D eigenvalue weighted by molar-refractivity contribution is 5.97. The van der Waals surface area contributed by atoms with Crippen molar-refractivity contribution < 1.29 is 24.2 Å². The Hall–Kier alpha value is -3.09. The third kappa shape index (κ3) is 7.65. The van der Waals surface area contributed by atoms with Crippen LogP contribution in [-0.4, -0.2) is 35.2 Å². The predicted octanol–water partition coefficient (Wildman–Crippen LogP) is 2.90. The van der Waals surface area contributed by atoms with Crippen molar-refractivity contribution in [1.82, 2.24) is 10.3 Å². The van der Waals surface area contributed by atoms with Crippen LogP contribution in [0.5, 0.6) is 11.5 Å². The predicted molar refractivity (Wildman–Crippen MR) is 97.5 cm³/mol. The van der Waals surface area contributed by atoms with Crippen molar-refractivity contribution in [2.75, 3.05) is 13.2 Å². The van der Waals surface area contributed by atoms with Crippen molar-refractivity contribution in [2.24, 2.45) is 0 Å². The normalized spacial score (nSPS) is 9.50. The molecule has 140 valence electrons. The van der Waals surface area contributed by atoms with Crippen LogP contribution in [0.4, 0.5) is 0 Å². The number of carboxylic acids is 1. The molecule has 1 heterocycles. The third-order valence-electron chi connectivity index (χ3n) is 2.96. The van der Waals surface area contributed by atoms with E-state index in [1.165, 1.54) is 0 Å². The van der Waals surface area contributed by atoms with E-state index >= 15 is 0 Å².